The van der Waals surface area contributed by atoms with Crippen molar-refractivity contribution in [3.63, 3.8) is 0 Å². The molecule has 0 aliphatic heterocycles. The zero-order chi connectivity index (χ0) is 16.4. The highest BCUT2D eigenvalue weighted by atomic mass is 31.0. The molecule has 2 atom stereocenters. The van der Waals surface area contributed by atoms with E-state index in [4.69, 9.17) is 0 Å². The Morgan fingerprint density at radius 1 is 0.696 bits per heavy atom. The van der Waals surface area contributed by atoms with Gasteiger partial charge in [0.05, 0.1) is 0 Å². The van der Waals surface area contributed by atoms with Crippen LogP contribution in [0.4, 0.5) is 0 Å². The summed E-state index contributed by atoms with van der Waals surface area (Å²) in [5.41, 5.74) is 9.06. The van der Waals surface area contributed by atoms with Gasteiger partial charge in [0.15, 0.2) is 0 Å². The minimum atomic E-state index is 1.00. The number of aryl methyl sites for hydroxylation is 2. The Kier molecular flexibility index (Phi) is 4.96. The van der Waals surface area contributed by atoms with Crippen molar-refractivity contribution in [2.24, 2.45) is 0 Å². The summed E-state index contributed by atoms with van der Waals surface area (Å²) in [5, 5.41) is 1.26. The first-order valence-corrected chi connectivity index (χ1v) is 9.24. The van der Waals surface area contributed by atoms with E-state index in [-0.39, 0.29) is 0 Å². The molecular formula is C21H22P2. The van der Waals surface area contributed by atoms with Crippen LogP contribution in [0, 0.1) is 13.8 Å². The van der Waals surface area contributed by atoms with Crippen LogP contribution < -0.4 is 5.30 Å². The van der Waals surface area contributed by atoms with Crippen molar-refractivity contribution < 1.29 is 0 Å². The first kappa shape index (κ1) is 16.4. The smallest absolute Gasteiger partial charge is 0.0128 e. The lowest BCUT2D eigenvalue weighted by Gasteiger charge is -2.10. The fraction of sp³-hybridized carbons (Fsp3) is 0.143. The van der Waals surface area contributed by atoms with Crippen LogP contribution in [0.3, 0.4) is 0 Å². The van der Waals surface area contributed by atoms with Crippen LogP contribution in [0.15, 0.2) is 60.7 Å². The molecule has 3 rings (SSSR count). The van der Waals surface area contributed by atoms with E-state index in [9.17, 15) is 0 Å². The standard InChI is InChI=1S/C21H22P2/c1-14-9-19(17-5-3-16(13-22)4-6-17)12-20(10-14)18-7-8-21(23)15(2)11-18/h3-12H,13,22-23H2,1-2H3. The Balaban J connectivity index is 2.06. The molecule has 0 amide bonds. The van der Waals surface area contributed by atoms with E-state index in [0.717, 1.165) is 6.16 Å². The van der Waals surface area contributed by atoms with Crippen molar-refractivity contribution in [1.82, 2.24) is 0 Å². The lowest BCUT2D eigenvalue weighted by atomic mass is 9.95. The minimum Gasteiger partial charge on any atom is -0.133 e. The van der Waals surface area contributed by atoms with Crippen molar-refractivity contribution >= 4 is 23.8 Å². The summed E-state index contributed by atoms with van der Waals surface area (Å²) in [6.45, 7) is 4.32. The molecule has 0 fully saturated rings. The predicted molar refractivity (Wildman–Crippen MR) is 110 cm³/mol. The summed E-state index contributed by atoms with van der Waals surface area (Å²) in [6, 6.07) is 22.3. The Labute approximate surface area is 143 Å². The van der Waals surface area contributed by atoms with E-state index < -0.39 is 0 Å². The molecule has 0 aliphatic rings. The molecule has 0 aromatic heterocycles. The third-order valence-electron chi connectivity index (χ3n) is 4.20. The molecule has 116 valence electrons. The summed E-state index contributed by atoms with van der Waals surface area (Å²) in [5.74, 6) is 0. The van der Waals surface area contributed by atoms with Crippen LogP contribution in [0.1, 0.15) is 16.7 Å². The van der Waals surface area contributed by atoms with E-state index in [0.29, 0.717) is 0 Å². The second kappa shape index (κ2) is 6.96. The lowest BCUT2D eigenvalue weighted by Crippen LogP contribution is -1.96. The molecule has 0 saturated heterocycles. The Morgan fingerprint density at radius 2 is 1.30 bits per heavy atom. The molecule has 23 heavy (non-hydrogen) atoms. The van der Waals surface area contributed by atoms with Crippen LogP contribution in [0.25, 0.3) is 22.3 Å². The Morgan fingerprint density at radius 3 is 1.91 bits per heavy atom. The fourth-order valence-electron chi connectivity index (χ4n) is 2.80. The van der Waals surface area contributed by atoms with E-state index in [1.54, 1.807) is 0 Å². The van der Waals surface area contributed by atoms with Gasteiger partial charge in [0.1, 0.15) is 0 Å². The van der Waals surface area contributed by atoms with Crippen LogP contribution in [0.2, 0.25) is 0 Å². The Hall–Kier alpha value is -1.48. The van der Waals surface area contributed by atoms with Gasteiger partial charge >= 0.3 is 0 Å². The van der Waals surface area contributed by atoms with E-state index in [2.05, 4.69) is 93.0 Å². The highest BCUT2D eigenvalue weighted by Gasteiger charge is 2.05. The van der Waals surface area contributed by atoms with E-state index in [1.807, 2.05) is 0 Å². The third-order valence-corrected chi connectivity index (χ3v) is 5.32. The topological polar surface area (TPSA) is 0 Å². The number of benzene rings is 3. The maximum Gasteiger partial charge on any atom is -0.0128 e. The molecule has 0 heterocycles. The number of hydrogen-bond acceptors (Lipinski definition) is 0. The van der Waals surface area contributed by atoms with Gasteiger partial charge in [-0.25, -0.2) is 0 Å². The zero-order valence-corrected chi connectivity index (χ0v) is 15.9. The van der Waals surface area contributed by atoms with Gasteiger partial charge < -0.3 is 0 Å². The van der Waals surface area contributed by atoms with Crippen molar-refractivity contribution in [1.29, 1.82) is 0 Å². The molecule has 0 bridgehead atoms. The van der Waals surface area contributed by atoms with Gasteiger partial charge in [0, 0.05) is 0 Å². The van der Waals surface area contributed by atoms with Gasteiger partial charge in [-0.15, -0.1) is 18.5 Å². The average Bonchev–Trinajstić information content (AvgIpc) is 2.57. The first-order chi connectivity index (χ1) is 11.1. The zero-order valence-electron chi connectivity index (χ0n) is 13.6. The summed E-state index contributed by atoms with van der Waals surface area (Å²) < 4.78 is 0. The van der Waals surface area contributed by atoms with Gasteiger partial charge in [-0.3, -0.25) is 0 Å². The van der Waals surface area contributed by atoms with Crippen LogP contribution >= 0.6 is 18.5 Å². The molecule has 0 nitrogen and oxygen atoms in total. The largest absolute Gasteiger partial charge is 0.133 e. The van der Waals surface area contributed by atoms with Gasteiger partial charge in [-0.2, -0.15) is 0 Å². The van der Waals surface area contributed by atoms with Crippen molar-refractivity contribution in [3.05, 3.63) is 77.4 Å². The molecule has 0 N–H and O–H groups in total. The quantitative estimate of drug-likeness (QED) is 0.553. The molecule has 3 aromatic rings. The Bertz CT molecular complexity index is 833. The second-order valence-electron chi connectivity index (χ2n) is 6.06. The molecule has 2 unspecified atom stereocenters. The van der Waals surface area contributed by atoms with Crippen LogP contribution in [-0.2, 0) is 6.16 Å². The molecule has 0 radical (unpaired) electrons. The molecule has 3 aromatic carbocycles. The van der Waals surface area contributed by atoms with Gasteiger partial charge in [0.25, 0.3) is 0 Å². The molecule has 0 aliphatic carbocycles. The summed E-state index contributed by atoms with van der Waals surface area (Å²) >= 11 is 0. The lowest BCUT2D eigenvalue weighted by molar-refractivity contribution is 1.41. The summed E-state index contributed by atoms with van der Waals surface area (Å²) in [4.78, 5) is 0. The molecule has 0 spiro atoms. The molecule has 2 heteroatoms. The monoisotopic (exact) mass is 336 g/mol. The second-order valence-corrected chi connectivity index (χ2v) is 7.09. The van der Waals surface area contributed by atoms with Crippen LogP contribution in [-0.4, -0.2) is 0 Å². The highest BCUT2D eigenvalue weighted by molar-refractivity contribution is 7.27. The highest BCUT2D eigenvalue weighted by Crippen LogP contribution is 2.29. The number of rotatable bonds is 3. The maximum absolute atomic E-state index is 2.79. The first-order valence-electron chi connectivity index (χ1n) is 7.84. The van der Waals surface area contributed by atoms with Crippen LogP contribution in [0.5, 0.6) is 0 Å². The SMILES string of the molecule is Cc1cc(-c2ccc(CP)cc2)cc(-c2ccc(P)c(C)c2)c1. The fourth-order valence-corrected chi connectivity index (χ4v) is 3.26. The molecule has 0 saturated carbocycles. The third kappa shape index (κ3) is 3.72. The van der Waals surface area contributed by atoms with Gasteiger partial charge in [0.2, 0.25) is 0 Å². The number of hydrogen-bond donors (Lipinski definition) is 0. The van der Waals surface area contributed by atoms with Gasteiger partial charge in [-0.1, -0.05) is 54.6 Å². The minimum absolute atomic E-state index is 1.00. The summed E-state index contributed by atoms with van der Waals surface area (Å²) in [6.07, 6.45) is 1.00. The van der Waals surface area contributed by atoms with E-state index >= 15 is 0 Å². The molecular weight excluding hydrogens is 314 g/mol. The van der Waals surface area contributed by atoms with E-state index in [1.165, 1.54) is 44.2 Å². The average molecular weight is 336 g/mol. The summed E-state index contributed by atoms with van der Waals surface area (Å²) in [7, 11) is 5.57. The van der Waals surface area contributed by atoms with Crippen molar-refractivity contribution in [3.8, 4) is 22.3 Å². The van der Waals surface area contributed by atoms with Crippen molar-refractivity contribution in [2.75, 3.05) is 0 Å². The predicted octanol–water partition coefficient (Wildman–Crippen LogP) is 5.51. The van der Waals surface area contributed by atoms with Gasteiger partial charge in [-0.05, 0) is 70.3 Å². The normalized spacial score (nSPS) is 10.8. The maximum atomic E-state index is 2.79. The van der Waals surface area contributed by atoms with Crippen molar-refractivity contribution in [2.45, 2.75) is 20.0 Å².